The van der Waals surface area contributed by atoms with Gasteiger partial charge in [0.15, 0.2) is 0 Å². The van der Waals surface area contributed by atoms with Crippen molar-refractivity contribution in [2.24, 2.45) is 0 Å². The molecule has 0 saturated carbocycles. The average molecular weight is 912 g/mol. The fourth-order valence-electron chi connectivity index (χ4n) is 10.7. The van der Waals surface area contributed by atoms with Gasteiger partial charge in [0.2, 0.25) is 0 Å². The topological polar surface area (TPSA) is 79.5 Å². The third-order valence-electron chi connectivity index (χ3n) is 14.0. The van der Waals surface area contributed by atoms with Gasteiger partial charge in [-0.2, -0.15) is 0 Å². The van der Waals surface area contributed by atoms with E-state index in [9.17, 15) is 0 Å². The van der Waals surface area contributed by atoms with Gasteiger partial charge in [0.25, 0.3) is 0 Å². The van der Waals surface area contributed by atoms with Gasteiger partial charge < -0.3 is 18.1 Å². The monoisotopic (exact) mass is 911 g/mol. The van der Waals surface area contributed by atoms with Gasteiger partial charge >= 0.3 is 0 Å². The van der Waals surface area contributed by atoms with E-state index < -0.39 is 0 Å². The van der Waals surface area contributed by atoms with Crippen LogP contribution in [0.4, 0.5) is 0 Å². The predicted molar refractivity (Wildman–Crippen MR) is 292 cm³/mol. The van der Waals surface area contributed by atoms with Crippen LogP contribution in [0.1, 0.15) is 18.1 Å². The van der Waals surface area contributed by atoms with Gasteiger partial charge in [0.1, 0.15) is 11.2 Å². The summed E-state index contributed by atoms with van der Waals surface area (Å²) in [4.78, 5) is 18.7. The smallest absolute Gasteiger partial charge is 0.135 e. The molecular formula is C63H41N7O. The first-order valence-corrected chi connectivity index (χ1v) is 23.7. The second kappa shape index (κ2) is 16.0. The number of pyridine rings is 4. The Balaban J connectivity index is 0.817. The van der Waals surface area contributed by atoms with Crippen molar-refractivity contribution in [2.75, 3.05) is 0 Å². The van der Waals surface area contributed by atoms with E-state index in [0.29, 0.717) is 0 Å². The number of aromatic nitrogens is 7. The van der Waals surface area contributed by atoms with Gasteiger partial charge in [0, 0.05) is 74.2 Å². The van der Waals surface area contributed by atoms with Crippen LogP contribution >= 0.6 is 0 Å². The lowest BCUT2D eigenvalue weighted by Gasteiger charge is -2.15. The predicted octanol–water partition coefficient (Wildman–Crippen LogP) is 15.8. The summed E-state index contributed by atoms with van der Waals surface area (Å²) in [6.45, 7) is 6.69. The maximum Gasteiger partial charge on any atom is 0.135 e. The molecule has 0 saturated heterocycles. The minimum absolute atomic E-state index is 0.861. The Bertz CT molecular complexity index is 4290. The van der Waals surface area contributed by atoms with Crippen LogP contribution in [0.15, 0.2) is 230 Å². The van der Waals surface area contributed by atoms with Crippen molar-refractivity contribution in [1.82, 2.24) is 33.6 Å². The minimum atomic E-state index is 0.861. The van der Waals surface area contributed by atoms with Gasteiger partial charge in [-0.05, 0) is 143 Å². The standard InChI is InChI=1S/C63H41N7O/c1-39(41-13-8-14-42(31-41)43-21-23-60-52(34-43)53-36-45(22-24-61(53)71-60)68-54-17-5-3-15-48(54)49-16-4-6-18-55(49)68)11-7-12-40(2)44-32-46(69-56-19-9-27-66-62(56)50-25-29-64-37-58(50)69)35-47(33-44)70-57-20-10-28-67-63(57)51-26-30-65-38-59(51)70/h3-38H,1H2,2H3/b11-7-,40-12+. The molecule has 0 bridgehead atoms. The first-order valence-electron chi connectivity index (χ1n) is 23.7. The van der Waals surface area contributed by atoms with E-state index in [2.05, 4.69) is 195 Å². The van der Waals surface area contributed by atoms with Crippen LogP contribution in [0.3, 0.4) is 0 Å². The molecule has 0 atom stereocenters. The molecule has 8 aromatic heterocycles. The lowest BCUT2D eigenvalue weighted by molar-refractivity contribution is 0.669. The van der Waals surface area contributed by atoms with Crippen molar-refractivity contribution in [3.8, 4) is 28.2 Å². The molecule has 0 unspecified atom stereocenters. The number of hydrogen-bond donors (Lipinski definition) is 0. The Morgan fingerprint density at radius 1 is 0.451 bits per heavy atom. The number of allylic oxidation sites excluding steroid dienone is 5. The highest BCUT2D eigenvalue weighted by molar-refractivity contribution is 6.12. The summed E-state index contributed by atoms with van der Waals surface area (Å²) in [6.07, 6.45) is 17.5. The maximum atomic E-state index is 6.42. The van der Waals surface area contributed by atoms with Crippen molar-refractivity contribution in [3.63, 3.8) is 0 Å². The summed E-state index contributed by atoms with van der Waals surface area (Å²) in [5, 5.41) is 6.73. The Kier molecular flexibility index (Phi) is 9.09. The highest BCUT2D eigenvalue weighted by Gasteiger charge is 2.19. The molecule has 8 nitrogen and oxygen atoms in total. The van der Waals surface area contributed by atoms with E-state index in [1.54, 1.807) is 0 Å². The zero-order valence-electron chi connectivity index (χ0n) is 38.5. The lowest BCUT2D eigenvalue weighted by Crippen LogP contribution is -2.01. The Labute approximate surface area is 407 Å². The largest absolute Gasteiger partial charge is 0.456 e. The van der Waals surface area contributed by atoms with Gasteiger partial charge in [-0.3, -0.25) is 19.9 Å². The van der Waals surface area contributed by atoms with Crippen LogP contribution in [-0.4, -0.2) is 33.6 Å². The van der Waals surface area contributed by atoms with Gasteiger partial charge in [-0.1, -0.05) is 85.5 Å². The normalized spacial score (nSPS) is 12.4. The van der Waals surface area contributed by atoms with Crippen LogP contribution in [0.2, 0.25) is 0 Å². The number of nitrogens with zero attached hydrogens (tertiary/aromatic N) is 7. The molecule has 0 radical (unpaired) electrons. The lowest BCUT2D eigenvalue weighted by atomic mass is 9.98. The number of benzene rings is 6. The molecule has 0 aliphatic rings. The summed E-state index contributed by atoms with van der Waals surface area (Å²) in [5.41, 5.74) is 19.3. The number of hydrogen-bond acceptors (Lipinski definition) is 5. The summed E-state index contributed by atoms with van der Waals surface area (Å²) in [5.74, 6) is 0. The van der Waals surface area contributed by atoms with E-state index in [-0.39, 0.29) is 0 Å². The van der Waals surface area contributed by atoms with Crippen LogP contribution in [0.25, 0.3) is 127 Å². The first-order chi connectivity index (χ1) is 35.0. The minimum Gasteiger partial charge on any atom is -0.456 e. The molecule has 0 fully saturated rings. The van der Waals surface area contributed by atoms with Crippen LogP contribution in [0.5, 0.6) is 0 Å². The molecule has 8 heterocycles. The molecule has 14 aromatic rings. The average Bonchev–Trinajstić information content (AvgIpc) is 4.17. The van der Waals surface area contributed by atoms with Crippen molar-refractivity contribution in [2.45, 2.75) is 6.92 Å². The van der Waals surface area contributed by atoms with E-state index in [4.69, 9.17) is 14.4 Å². The third-order valence-corrected chi connectivity index (χ3v) is 14.0. The molecule has 8 heteroatoms. The summed E-state index contributed by atoms with van der Waals surface area (Å²) in [6, 6.07) is 57.9. The molecule has 71 heavy (non-hydrogen) atoms. The number of fused-ring (bicyclic) bond motifs is 12. The van der Waals surface area contributed by atoms with Crippen LogP contribution < -0.4 is 0 Å². The first kappa shape index (κ1) is 40.4. The van der Waals surface area contributed by atoms with E-state index >= 15 is 0 Å². The van der Waals surface area contributed by atoms with E-state index in [1.807, 2.05) is 61.4 Å². The summed E-state index contributed by atoms with van der Waals surface area (Å²) >= 11 is 0. The Hall–Kier alpha value is -9.66. The summed E-state index contributed by atoms with van der Waals surface area (Å²) < 4.78 is 13.3. The molecular weight excluding hydrogens is 871 g/mol. The quantitative estimate of drug-likeness (QED) is 0.142. The van der Waals surface area contributed by atoms with E-state index in [1.165, 1.54) is 21.8 Å². The second-order valence-electron chi connectivity index (χ2n) is 18.1. The highest BCUT2D eigenvalue weighted by Crippen LogP contribution is 2.39. The van der Waals surface area contributed by atoms with E-state index in [0.717, 1.165) is 116 Å². The SMILES string of the molecule is C=C(/C=C\C=C(/C)c1cc(-n2c3cnccc3c3ncccc32)cc(-n2c3cnccc3c3ncccc32)c1)c1cccc(-c2ccc3oc4ccc(-n5c6ccccc6c6ccccc65)cc4c3c2)c1. The van der Waals surface area contributed by atoms with Crippen molar-refractivity contribution >= 4 is 98.8 Å². The fourth-order valence-corrected chi connectivity index (χ4v) is 10.7. The number of rotatable bonds is 8. The molecule has 0 amide bonds. The van der Waals surface area contributed by atoms with Gasteiger partial charge in [-0.15, -0.1) is 0 Å². The Morgan fingerprint density at radius 3 is 1.69 bits per heavy atom. The number of para-hydroxylation sites is 2. The molecule has 0 aliphatic heterocycles. The second-order valence-corrected chi connectivity index (χ2v) is 18.1. The Morgan fingerprint density at radius 2 is 1.03 bits per heavy atom. The maximum absolute atomic E-state index is 6.42. The highest BCUT2D eigenvalue weighted by atomic mass is 16.3. The number of furan rings is 1. The zero-order chi connectivity index (χ0) is 47.2. The third kappa shape index (κ3) is 6.46. The molecule has 0 N–H and O–H groups in total. The van der Waals surface area contributed by atoms with Crippen molar-refractivity contribution in [1.29, 1.82) is 0 Å². The van der Waals surface area contributed by atoms with Gasteiger partial charge in [0.05, 0.1) is 56.5 Å². The van der Waals surface area contributed by atoms with Gasteiger partial charge in [-0.25, -0.2) is 0 Å². The van der Waals surface area contributed by atoms with Crippen molar-refractivity contribution in [3.05, 3.63) is 237 Å². The molecule has 14 rings (SSSR count). The zero-order valence-corrected chi connectivity index (χ0v) is 38.5. The molecule has 0 spiro atoms. The van der Waals surface area contributed by atoms with Crippen LogP contribution in [0, 0.1) is 0 Å². The molecule has 334 valence electrons. The fraction of sp³-hybridized carbons (Fsp3) is 0.0159. The molecule has 6 aromatic carbocycles. The molecule has 0 aliphatic carbocycles. The summed E-state index contributed by atoms with van der Waals surface area (Å²) in [7, 11) is 0. The van der Waals surface area contributed by atoms with Crippen LogP contribution in [-0.2, 0) is 0 Å². The van der Waals surface area contributed by atoms with Crippen molar-refractivity contribution < 1.29 is 4.42 Å².